The molecule has 0 N–H and O–H groups in total. The fraction of sp³-hybridized carbons (Fsp3) is 0. The van der Waals surface area contributed by atoms with E-state index in [1.807, 2.05) is 91.0 Å². The SMILES string of the molecule is O=c1nc2c3ccccc3c3ccccc3n2c(=O)n1-c1ccc2c3ccccc3c3ccccc3c2c1. The van der Waals surface area contributed by atoms with Gasteiger partial charge in [0.1, 0.15) is 0 Å². The maximum Gasteiger partial charge on any atom is 0.358 e. The Morgan fingerprint density at radius 3 is 1.58 bits per heavy atom. The fourth-order valence-corrected chi connectivity index (χ4v) is 5.93. The molecule has 8 rings (SSSR count). The van der Waals surface area contributed by atoms with Gasteiger partial charge in [0, 0.05) is 10.8 Å². The second kappa shape index (κ2) is 7.60. The van der Waals surface area contributed by atoms with Gasteiger partial charge in [-0.15, -0.1) is 0 Å². The zero-order valence-electron chi connectivity index (χ0n) is 20.1. The molecule has 38 heavy (non-hydrogen) atoms. The molecule has 0 fully saturated rings. The van der Waals surface area contributed by atoms with Crippen molar-refractivity contribution in [2.24, 2.45) is 0 Å². The molecule has 5 nitrogen and oxygen atoms in total. The molecule has 0 aliphatic rings. The zero-order chi connectivity index (χ0) is 25.4. The van der Waals surface area contributed by atoms with E-state index >= 15 is 0 Å². The van der Waals surface area contributed by atoms with Crippen molar-refractivity contribution < 1.29 is 0 Å². The van der Waals surface area contributed by atoms with Crippen LogP contribution in [0.1, 0.15) is 0 Å². The minimum atomic E-state index is -0.597. The Morgan fingerprint density at radius 2 is 0.947 bits per heavy atom. The zero-order valence-corrected chi connectivity index (χ0v) is 20.1. The predicted molar refractivity (Wildman–Crippen MR) is 155 cm³/mol. The van der Waals surface area contributed by atoms with E-state index < -0.39 is 11.4 Å². The van der Waals surface area contributed by atoms with E-state index in [9.17, 15) is 9.59 Å². The molecular weight excluding hydrogens is 470 g/mol. The average molecular weight is 490 g/mol. The molecule has 0 unspecified atom stereocenters. The predicted octanol–water partition coefficient (Wildman–Crippen LogP) is 6.61. The number of rotatable bonds is 1. The van der Waals surface area contributed by atoms with Crippen LogP contribution >= 0.6 is 0 Å². The molecule has 0 radical (unpaired) electrons. The van der Waals surface area contributed by atoms with E-state index in [4.69, 9.17) is 0 Å². The quantitative estimate of drug-likeness (QED) is 0.244. The van der Waals surface area contributed by atoms with Crippen LogP contribution in [0, 0.1) is 0 Å². The number of hydrogen-bond donors (Lipinski definition) is 0. The first-order valence-electron chi connectivity index (χ1n) is 12.5. The number of benzene rings is 6. The van der Waals surface area contributed by atoms with Crippen LogP contribution in [0.15, 0.2) is 125 Å². The molecule has 0 aliphatic carbocycles. The van der Waals surface area contributed by atoms with Gasteiger partial charge in [0.05, 0.1) is 11.2 Å². The third-order valence-corrected chi connectivity index (χ3v) is 7.58. The number of pyridine rings is 1. The van der Waals surface area contributed by atoms with Gasteiger partial charge in [-0.3, -0.25) is 0 Å². The molecule has 2 heterocycles. The van der Waals surface area contributed by atoms with Gasteiger partial charge >= 0.3 is 11.4 Å². The van der Waals surface area contributed by atoms with Gasteiger partial charge < -0.3 is 0 Å². The lowest BCUT2D eigenvalue weighted by atomic mass is 9.94. The summed E-state index contributed by atoms with van der Waals surface area (Å²) < 4.78 is 2.74. The van der Waals surface area contributed by atoms with Crippen molar-refractivity contribution in [3.63, 3.8) is 0 Å². The van der Waals surface area contributed by atoms with E-state index in [0.717, 1.165) is 43.1 Å². The first kappa shape index (κ1) is 20.9. The average Bonchev–Trinajstić information content (AvgIpc) is 2.97. The van der Waals surface area contributed by atoms with Crippen LogP contribution in [0.3, 0.4) is 0 Å². The summed E-state index contributed by atoms with van der Waals surface area (Å²) in [6.45, 7) is 0. The van der Waals surface area contributed by atoms with Crippen LogP contribution < -0.4 is 11.4 Å². The largest absolute Gasteiger partial charge is 0.358 e. The van der Waals surface area contributed by atoms with Gasteiger partial charge in [-0.2, -0.15) is 4.98 Å². The summed E-state index contributed by atoms with van der Waals surface area (Å²) in [6, 6.07) is 37.8. The smallest absolute Gasteiger partial charge is 0.247 e. The second-order valence-corrected chi connectivity index (χ2v) is 9.56. The van der Waals surface area contributed by atoms with Crippen molar-refractivity contribution >= 4 is 59.6 Å². The van der Waals surface area contributed by atoms with Gasteiger partial charge in [-0.25, -0.2) is 18.6 Å². The second-order valence-electron chi connectivity index (χ2n) is 9.56. The van der Waals surface area contributed by atoms with Gasteiger partial charge in [0.2, 0.25) is 0 Å². The van der Waals surface area contributed by atoms with E-state index in [2.05, 4.69) is 29.2 Å². The van der Waals surface area contributed by atoms with Gasteiger partial charge in [-0.1, -0.05) is 97.1 Å². The number of para-hydroxylation sites is 1. The minimum absolute atomic E-state index is 0.364. The van der Waals surface area contributed by atoms with Crippen molar-refractivity contribution in [2.75, 3.05) is 0 Å². The van der Waals surface area contributed by atoms with Crippen LogP contribution in [0.2, 0.25) is 0 Å². The first-order valence-corrected chi connectivity index (χ1v) is 12.5. The Labute approximate surface area is 215 Å². The number of hydrogen-bond acceptors (Lipinski definition) is 3. The van der Waals surface area contributed by atoms with Gasteiger partial charge in [0.15, 0.2) is 5.65 Å². The van der Waals surface area contributed by atoms with Crippen LogP contribution in [0.25, 0.3) is 65.3 Å². The Morgan fingerprint density at radius 1 is 0.474 bits per heavy atom. The normalized spacial score (nSPS) is 11.9. The molecule has 0 saturated heterocycles. The molecule has 0 bridgehead atoms. The van der Waals surface area contributed by atoms with E-state index in [1.54, 1.807) is 4.40 Å². The number of nitrogens with zero attached hydrogens (tertiary/aromatic N) is 3. The summed E-state index contributed by atoms with van der Waals surface area (Å²) in [7, 11) is 0. The van der Waals surface area contributed by atoms with E-state index in [0.29, 0.717) is 16.9 Å². The Kier molecular flexibility index (Phi) is 4.17. The van der Waals surface area contributed by atoms with Crippen molar-refractivity contribution in [2.45, 2.75) is 0 Å². The lowest BCUT2D eigenvalue weighted by Gasteiger charge is -2.14. The van der Waals surface area contributed by atoms with Crippen molar-refractivity contribution in [3.05, 3.63) is 136 Å². The first-order chi connectivity index (χ1) is 18.7. The standard InChI is InChI=1S/C33H19N3O2/c37-32-34-31-28-15-6-5-13-25(28)27-14-7-8-16-30(27)36(31)33(38)35(32)20-17-18-26-23-11-2-1-9-21(23)22-10-3-4-12-24(22)29(26)19-20/h1-19H. The van der Waals surface area contributed by atoms with Crippen LogP contribution in [-0.2, 0) is 0 Å². The van der Waals surface area contributed by atoms with E-state index in [-0.39, 0.29) is 0 Å². The van der Waals surface area contributed by atoms with Crippen molar-refractivity contribution in [1.82, 2.24) is 14.0 Å². The molecule has 5 heteroatoms. The molecule has 0 atom stereocenters. The maximum atomic E-state index is 14.1. The summed E-state index contributed by atoms with van der Waals surface area (Å²) >= 11 is 0. The van der Waals surface area contributed by atoms with Gasteiger partial charge in [-0.05, 0) is 55.9 Å². The highest BCUT2D eigenvalue weighted by Crippen LogP contribution is 2.35. The highest BCUT2D eigenvalue weighted by molar-refractivity contribution is 6.25. The Bertz CT molecular complexity index is 2370. The van der Waals surface area contributed by atoms with Crippen LogP contribution in [0.5, 0.6) is 0 Å². The van der Waals surface area contributed by atoms with Gasteiger partial charge in [0.25, 0.3) is 0 Å². The summed E-state index contributed by atoms with van der Waals surface area (Å²) in [5.74, 6) is 0. The third kappa shape index (κ3) is 2.73. The highest BCUT2D eigenvalue weighted by atomic mass is 16.2. The molecule has 6 aromatic carbocycles. The monoisotopic (exact) mass is 489 g/mol. The van der Waals surface area contributed by atoms with Crippen molar-refractivity contribution in [1.29, 1.82) is 0 Å². The molecule has 0 aliphatic heterocycles. The summed E-state index contributed by atoms with van der Waals surface area (Å²) in [5.41, 5.74) is 0.533. The summed E-state index contributed by atoms with van der Waals surface area (Å²) in [4.78, 5) is 32.0. The lowest BCUT2D eigenvalue weighted by molar-refractivity contribution is 0.810. The molecule has 178 valence electrons. The summed E-state index contributed by atoms with van der Waals surface area (Å²) in [6.07, 6.45) is 0. The summed E-state index contributed by atoms with van der Waals surface area (Å²) in [5, 5.41) is 9.21. The maximum absolute atomic E-state index is 14.1. The molecule has 0 saturated carbocycles. The number of fused-ring (bicyclic) bond motifs is 12. The van der Waals surface area contributed by atoms with Crippen LogP contribution in [-0.4, -0.2) is 14.0 Å². The minimum Gasteiger partial charge on any atom is -0.247 e. The number of aromatic nitrogens is 3. The molecule has 2 aromatic heterocycles. The Balaban J connectivity index is 1.53. The molecule has 0 amide bonds. The van der Waals surface area contributed by atoms with Crippen LogP contribution in [0.4, 0.5) is 0 Å². The molecule has 0 spiro atoms. The fourth-order valence-electron chi connectivity index (χ4n) is 5.93. The topological polar surface area (TPSA) is 56.4 Å². The highest BCUT2D eigenvalue weighted by Gasteiger charge is 2.17. The third-order valence-electron chi connectivity index (χ3n) is 7.58. The van der Waals surface area contributed by atoms with E-state index in [1.165, 1.54) is 9.95 Å². The van der Waals surface area contributed by atoms with Crippen molar-refractivity contribution in [3.8, 4) is 5.69 Å². The molecule has 8 aromatic rings. The molecular formula is C33H19N3O2. The Hall–Kier alpha value is -5.29. The lowest BCUT2D eigenvalue weighted by Crippen LogP contribution is -2.38.